The molecule has 21 heavy (non-hydrogen) atoms. The van der Waals surface area contributed by atoms with Gasteiger partial charge in [0.25, 0.3) is 0 Å². The molecule has 2 aromatic heterocycles. The van der Waals surface area contributed by atoms with Crippen LogP contribution in [0.15, 0.2) is 35.7 Å². The van der Waals surface area contributed by atoms with Crippen molar-refractivity contribution in [1.29, 1.82) is 0 Å². The summed E-state index contributed by atoms with van der Waals surface area (Å²) in [5, 5.41) is 0. The largest absolute Gasteiger partial charge is 0.494 e. The van der Waals surface area contributed by atoms with Crippen molar-refractivity contribution in [3.63, 3.8) is 0 Å². The SMILES string of the molecule is COc1cnccc1C1=Nc2cc(C(F)(F)F)cnc2C1. The second-order valence-electron chi connectivity index (χ2n) is 4.50. The lowest BCUT2D eigenvalue weighted by Gasteiger charge is -2.06. The maximum Gasteiger partial charge on any atom is 0.417 e. The van der Waals surface area contributed by atoms with Crippen molar-refractivity contribution in [2.45, 2.75) is 12.6 Å². The summed E-state index contributed by atoms with van der Waals surface area (Å²) in [6.07, 6.45) is -0.100. The van der Waals surface area contributed by atoms with Gasteiger partial charge in [0.2, 0.25) is 0 Å². The standard InChI is InChI=1S/C14H10F3N3O/c1-21-13-7-18-3-2-9(13)10-5-11-12(20-10)4-8(6-19-11)14(15,16)17/h2-4,6-7H,5H2,1H3. The van der Waals surface area contributed by atoms with Gasteiger partial charge in [0.05, 0.1) is 36.0 Å². The molecule has 2 aromatic rings. The normalized spacial score (nSPS) is 13.8. The molecule has 0 N–H and O–H groups in total. The molecular weight excluding hydrogens is 283 g/mol. The number of hydrogen-bond acceptors (Lipinski definition) is 4. The van der Waals surface area contributed by atoms with Crippen LogP contribution in [0.2, 0.25) is 0 Å². The van der Waals surface area contributed by atoms with Crippen LogP contribution < -0.4 is 4.74 Å². The van der Waals surface area contributed by atoms with Gasteiger partial charge in [0, 0.05) is 24.4 Å². The van der Waals surface area contributed by atoms with E-state index in [9.17, 15) is 13.2 Å². The highest BCUT2D eigenvalue weighted by Gasteiger charge is 2.32. The van der Waals surface area contributed by atoms with E-state index in [4.69, 9.17) is 4.74 Å². The Morgan fingerprint density at radius 2 is 2.05 bits per heavy atom. The molecule has 1 aliphatic rings. The quantitative estimate of drug-likeness (QED) is 0.854. The van der Waals surface area contributed by atoms with Gasteiger partial charge in [-0.3, -0.25) is 15.0 Å². The monoisotopic (exact) mass is 293 g/mol. The number of halogens is 3. The minimum absolute atomic E-state index is 0.249. The highest BCUT2D eigenvalue weighted by atomic mass is 19.4. The zero-order valence-corrected chi connectivity index (χ0v) is 11.0. The number of aliphatic imine (C=N–C) groups is 1. The maximum absolute atomic E-state index is 12.7. The number of methoxy groups -OCH3 is 1. The molecule has 0 spiro atoms. The molecule has 0 saturated carbocycles. The molecule has 0 radical (unpaired) electrons. The van der Waals surface area contributed by atoms with Crippen molar-refractivity contribution in [3.8, 4) is 5.75 Å². The number of fused-ring (bicyclic) bond motifs is 1. The Balaban J connectivity index is 2.01. The number of pyridine rings is 2. The summed E-state index contributed by atoms with van der Waals surface area (Å²) in [6, 6.07) is 2.73. The number of hydrogen-bond donors (Lipinski definition) is 0. The molecule has 1 aliphatic heterocycles. The summed E-state index contributed by atoms with van der Waals surface area (Å²) >= 11 is 0. The Kier molecular flexibility index (Phi) is 3.12. The summed E-state index contributed by atoms with van der Waals surface area (Å²) in [7, 11) is 1.50. The predicted octanol–water partition coefficient (Wildman–Crippen LogP) is 3.18. The van der Waals surface area contributed by atoms with E-state index < -0.39 is 11.7 Å². The molecule has 0 aliphatic carbocycles. The van der Waals surface area contributed by atoms with E-state index in [1.807, 2.05) is 0 Å². The number of aromatic nitrogens is 2. The fourth-order valence-electron chi connectivity index (χ4n) is 2.15. The molecule has 7 heteroatoms. The van der Waals surface area contributed by atoms with Crippen LogP contribution in [-0.4, -0.2) is 22.8 Å². The lowest BCUT2D eigenvalue weighted by molar-refractivity contribution is -0.137. The molecule has 0 fully saturated rings. The summed E-state index contributed by atoms with van der Waals surface area (Å²) in [6.45, 7) is 0. The van der Waals surface area contributed by atoms with Crippen molar-refractivity contribution in [2.24, 2.45) is 4.99 Å². The van der Waals surface area contributed by atoms with Crippen LogP contribution in [-0.2, 0) is 12.6 Å². The second kappa shape index (κ2) is 4.83. The minimum atomic E-state index is -4.42. The third kappa shape index (κ3) is 2.46. The van der Waals surface area contributed by atoms with Crippen molar-refractivity contribution >= 4 is 11.4 Å². The minimum Gasteiger partial charge on any atom is -0.494 e. The van der Waals surface area contributed by atoms with E-state index >= 15 is 0 Å². The predicted molar refractivity (Wildman–Crippen MR) is 69.9 cm³/mol. The molecule has 4 nitrogen and oxygen atoms in total. The topological polar surface area (TPSA) is 47.4 Å². The highest BCUT2D eigenvalue weighted by Crippen LogP contribution is 2.35. The van der Waals surface area contributed by atoms with Crippen molar-refractivity contribution in [3.05, 3.63) is 47.5 Å². The Morgan fingerprint density at radius 3 is 2.76 bits per heavy atom. The highest BCUT2D eigenvalue weighted by molar-refractivity contribution is 6.07. The van der Waals surface area contributed by atoms with Gasteiger partial charge in [0.15, 0.2) is 0 Å². The molecule has 0 atom stereocenters. The van der Waals surface area contributed by atoms with Gasteiger partial charge in [-0.15, -0.1) is 0 Å². The zero-order valence-electron chi connectivity index (χ0n) is 11.0. The van der Waals surface area contributed by atoms with E-state index in [1.54, 1.807) is 12.3 Å². The zero-order chi connectivity index (χ0) is 15.0. The summed E-state index contributed by atoms with van der Waals surface area (Å²) < 4.78 is 43.2. The van der Waals surface area contributed by atoms with E-state index in [2.05, 4.69) is 15.0 Å². The van der Waals surface area contributed by atoms with Crippen molar-refractivity contribution < 1.29 is 17.9 Å². The van der Waals surface area contributed by atoms with Gasteiger partial charge in [-0.05, 0) is 12.1 Å². The molecule has 0 bridgehead atoms. The molecule has 0 aromatic carbocycles. The first-order valence-electron chi connectivity index (χ1n) is 6.11. The van der Waals surface area contributed by atoms with Gasteiger partial charge in [-0.1, -0.05) is 0 Å². The number of nitrogens with zero attached hydrogens (tertiary/aromatic N) is 3. The molecule has 3 heterocycles. The molecule has 108 valence electrons. The van der Waals surface area contributed by atoms with Crippen LogP contribution in [0.4, 0.5) is 18.9 Å². The summed E-state index contributed by atoms with van der Waals surface area (Å²) in [5.74, 6) is 0.528. The van der Waals surface area contributed by atoms with Gasteiger partial charge in [-0.25, -0.2) is 0 Å². The third-order valence-electron chi connectivity index (χ3n) is 3.18. The number of alkyl halides is 3. The average molecular weight is 293 g/mol. The maximum atomic E-state index is 12.7. The first-order valence-corrected chi connectivity index (χ1v) is 6.11. The van der Waals surface area contributed by atoms with Crippen LogP contribution in [0, 0.1) is 0 Å². The van der Waals surface area contributed by atoms with Crippen molar-refractivity contribution in [2.75, 3.05) is 7.11 Å². The second-order valence-corrected chi connectivity index (χ2v) is 4.50. The average Bonchev–Trinajstić information content (AvgIpc) is 2.89. The first kappa shape index (κ1) is 13.5. The summed E-state index contributed by atoms with van der Waals surface area (Å²) in [5.41, 5.74) is 1.30. The molecule has 0 amide bonds. The number of rotatable bonds is 2. The van der Waals surface area contributed by atoms with E-state index in [0.717, 1.165) is 12.3 Å². The lowest BCUT2D eigenvalue weighted by atomic mass is 10.1. The molecule has 0 unspecified atom stereocenters. The molecular formula is C14H10F3N3O. The molecule has 0 saturated heterocycles. The smallest absolute Gasteiger partial charge is 0.417 e. The first-order chi connectivity index (χ1) is 9.99. The van der Waals surface area contributed by atoms with E-state index in [0.29, 0.717) is 29.1 Å². The lowest BCUT2D eigenvalue weighted by Crippen LogP contribution is -2.06. The van der Waals surface area contributed by atoms with Gasteiger partial charge in [0.1, 0.15) is 5.75 Å². The number of ether oxygens (including phenoxy) is 1. The third-order valence-corrected chi connectivity index (χ3v) is 3.18. The van der Waals surface area contributed by atoms with E-state index in [1.165, 1.54) is 13.3 Å². The molecule has 3 rings (SSSR count). The Labute approximate surface area is 118 Å². The van der Waals surface area contributed by atoms with Gasteiger partial charge in [-0.2, -0.15) is 13.2 Å². The van der Waals surface area contributed by atoms with Crippen LogP contribution in [0.25, 0.3) is 0 Å². The van der Waals surface area contributed by atoms with Gasteiger partial charge < -0.3 is 4.74 Å². The Morgan fingerprint density at radius 1 is 1.24 bits per heavy atom. The van der Waals surface area contributed by atoms with E-state index in [-0.39, 0.29) is 5.69 Å². The van der Waals surface area contributed by atoms with Crippen LogP contribution in [0.1, 0.15) is 16.8 Å². The van der Waals surface area contributed by atoms with Crippen LogP contribution in [0.3, 0.4) is 0 Å². The summed E-state index contributed by atoms with van der Waals surface area (Å²) in [4.78, 5) is 12.1. The fraction of sp³-hybridized carbons (Fsp3) is 0.214. The Hall–Kier alpha value is -2.44. The van der Waals surface area contributed by atoms with Crippen LogP contribution >= 0.6 is 0 Å². The van der Waals surface area contributed by atoms with Crippen LogP contribution in [0.5, 0.6) is 5.75 Å². The van der Waals surface area contributed by atoms with Gasteiger partial charge >= 0.3 is 6.18 Å². The Bertz CT molecular complexity index is 726. The fourth-order valence-corrected chi connectivity index (χ4v) is 2.15. The van der Waals surface area contributed by atoms with Crippen molar-refractivity contribution in [1.82, 2.24) is 9.97 Å².